The third-order valence-corrected chi connectivity index (χ3v) is 5.53. The summed E-state index contributed by atoms with van der Waals surface area (Å²) in [4.78, 5) is 5.87. The van der Waals surface area contributed by atoms with E-state index in [0.717, 1.165) is 31.1 Å². The van der Waals surface area contributed by atoms with E-state index in [-0.39, 0.29) is 0 Å². The number of rotatable bonds is 3. The van der Waals surface area contributed by atoms with Gasteiger partial charge < -0.3 is 15.2 Å². The Kier molecular flexibility index (Phi) is 2.75. The third-order valence-electron chi connectivity index (χ3n) is 4.78. The average Bonchev–Trinajstić information content (AvgIpc) is 3.18. The highest BCUT2D eigenvalue weighted by Gasteiger charge is 2.33. The number of benzene rings is 1. The standard InChI is InChI=1S/C16H17N5S/c1-2-4-14-12(3-1)13-5-10(6-15(13)19-14)18-11-7-21(8-11)16-20-17-9-22-16/h1-4,9-11,18-19H,5-8H2. The van der Waals surface area contributed by atoms with Crippen molar-refractivity contribution in [2.75, 3.05) is 18.0 Å². The molecule has 6 heteroatoms. The van der Waals surface area contributed by atoms with Crippen molar-refractivity contribution in [3.63, 3.8) is 0 Å². The first-order valence-corrected chi connectivity index (χ1v) is 8.60. The van der Waals surface area contributed by atoms with Gasteiger partial charge in [0.15, 0.2) is 0 Å². The van der Waals surface area contributed by atoms with Crippen LogP contribution in [0, 0.1) is 0 Å². The van der Waals surface area contributed by atoms with Crippen molar-refractivity contribution in [3.8, 4) is 0 Å². The van der Waals surface area contributed by atoms with Gasteiger partial charge in [0.1, 0.15) is 5.51 Å². The minimum Gasteiger partial charge on any atom is -0.358 e. The lowest BCUT2D eigenvalue weighted by Crippen LogP contribution is -2.60. The maximum absolute atomic E-state index is 4.12. The second-order valence-electron chi connectivity index (χ2n) is 6.22. The molecule has 2 N–H and O–H groups in total. The van der Waals surface area contributed by atoms with E-state index in [4.69, 9.17) is 0 Å². The zero-order valence-electron chi connectivity index (χ0n) is 12.1. The normalized spacial score (nSPS) is 21.3. The number of nitrogens with one attached hydrogen (secondary N) is 2. The van der Waals surface area contributed by atoms with Gasteiger partial charge >= 0.3 is 0 Å². The molecule has 1 saturated heterocycles. The molecule has 0 bridgehead atoms. The van der Waals surface area contributed by atoms with E-state index in [1.54, 1.807) is 16.8 Å². The van der Waals surface area contributed by atoms with Gasteiger partial charge in [-0.05, 0) is 18.1 Å². The summed E-state index contributed by atoms with van der Waals surface area (Å²) in [6.45, 7) is 2.08. The number of hydrogen-bond acceptors (Lipinski definition) is 5. The molecule has 1 aromatic carbocycles. The molecule has 5 nitrogen and oxygen atoms in total. The Morgan fingerprint density at radius 3 is 2.95 bits per heavy atom. The smallest absolute Gasteiger partial charge is 0.208 e. The summed E-state index contributed by atoms with van der Waals surface area (Å²) in [6, 6.07) is 9.76. The Labute approximate surface area is 132 Å². The number of hydrogen-bond donors (Lipinski definition) is 2. The van der Waals surface area contributed by atoms with Crippen LogP contribution < -0.4 is 10.2 Å². The number of anilines is 1. The van der Waals surface area contributed by atoms with Gasteiger partial charge in [-0.3, -0.25) is 0 Å². The van der Waals surface area contributed by atoms with Crippen LogP contribution >= 0.6 is 11.3 Å². The van der Waals surface area contributed by atoms with E-state index >= 15 is 0 Å². The van der Waals surface area contributed by atoms with Gasteiger partial charge in [-0.2, -0.15) is 0 Å². The van der Waals surface area contributed by atoms with Crippen molar-refractivity contribution < 1.29 is 0 Å². The average molecular weight is 311 g/mol. The molecule has 112 valence electrons. The highest BCUT2D eigenvalue weighted by Crippen LogP contribution is 2.31. The first kappa shape index (κ1) is 12.6. The summed E-state index contributed by atoms with van der Waals surface area (Å²) in [7, 11) is 0. The number of para-hydroxylation sites is 1. The predicted molar refractivity (Wildman–Crippen MR) is 88.5 cm³/mol. The van der Waals surface area contributed by atoms with Crippen LogP contribution in [-0.2, 0) is 12.8 Å². The zero-order chi connectivity index (χ0) is 14.5. The summed E-state index contributed by atoms with van der Waals surface area (Å²) in [6.07, 6.45) is 2.24. The Hall–Kier alpha value is -1.92. The van der Waals surface area contributed by atoms with E-state index in [9.17, 15) is 0 Å². The molecule has 1 atom stereocenters. The highest BCUT2D eigenvalue weighted by molar-refractivity contribution is 7.13. The SMILES string of the molecule is c1ccc2c3c([nH]c2c1)CC(NC1CN(c2nncs2)C1)C3. The molecule has 0 amide bonds. The molecule has 0 spiro atoms. The van der Waals surface area contributed by atoms with E-state index in [1.807, 2.05) is 0 Å². The number of H-pyrrole nitrogens is 1. The maximum Gasteiger partial charge on any atom is 0.208 e. The van der Waals surface area contributed by atoms with E-state index in [0.29, 0.717) is 12.1 Å². The molecule has 1 aliphatic heterocycles. The Bertz CT molecular complexity index is 803. The van der Waals surface area contributed by atoms with E-state index in [1.165, 1.54) is 22.2 Å². The van der Waals surface area contributed by atoms with Crippen LogP contribution in [0.2, 0.25) is 0 Å². The quantitative estimate of drug-likeness (QED) is 0.776. The largest absolute Gasteiger partial charge is 0.358 e. The molecule has 3 aromatic rings. The molecule has 5 rings (SSSR count). The lowest BCUT2D eigenvalue weighted by molar-refractivity contribution is 0.370. The first-order chi connectivity index (χ1) is 10.9. The van der Waals surface area contributed by atoms with Gasteiger partial charge in [-0.15, -0.1) is 10.2 Å². The summed E-state index contributed by atoms with van der Waals surface area (Å²) in [5.74, 6) is 0. The molecule has 1 unspecified atom stereocenters. The summed E-state index contributed by atoms with van der Waals surface area (Å²) in [5.41, 5.74) is 5.99. The van der Waals surface area contributed by atoms with Crippen molar-refractivity contribution in [1.29, 1.82) is 0 Å². The van der Waals surface area contributed by atoms with Crippen molar-refractivity contribution in [2.45, 2.75) is 24.9 Å². The molecule has 0 radical (unpaired) electrons. The topological polar surface area (TPSA) is 56.8 Å². The summed E-state index contributed by atoms with van der Waals surface area (Å²) in [5, 5.41) is 14.3. The molecular formula is C16H17N5S. The number of fused-ring (bicyclic) bond motifs is 3. The number of aromatic nitrogens is 3. The second kappa shape index (κ2) is 4.79. The number of aromatic amines is 1. The van der Waals surface area contributed by atoms with Crippen LogP contribution in [0.3, 0.4) is 0 Å². The highest BCUT2D eigenvalue weighted by atomic mass is 32.1. The number of nitrogens with zero attached hydrogens (tertiary/aromatic N) is 3. The van der Waals surface area contributed by atoms with Crippen molar-refractivity contribution in [3.05, 3.63) is 41.0 Å². The maximum atomic E-state index is 4.12. The van der Waals surface area contributed by atoms with Crippen LogP contribution in [-0.4, -0.2) is 40.4 Å². The van der Waals surface area contributed by atoms with Crippen LogP contribution in [0.4, 0.5) is 5.13 Å². The molecule has 2 aromatic heterocycles. The molecule has 22 heavy (non-hydrogen) atoms. The van der Waals surface area contributed by atoms with Crippen molar-refractivity contribution >= 4 is 27.4 Å². The van der Waals surface area contributed by atoms with Crippen molar-refractivity contribution in [2.24, 2.45) is 0 Å². The van der Waals surface area contributed by atoms with Gasteiger partial charge in [0.05, 0.1) is 0 Å². The van der Waals surface area contributed by atoms with E-state index in [2.05, 4.69) is 49.7 Å². The van der Waals surface area contributed by atoms with E-state index < -0.39 is 0 Å². The fraction of sp³-hybridized carbons (Fsp3) is 0.375. The van der Waals surface area contributed by atoms with Crippen LogP contribution in [0.25, 0.3) is 10.9 Å². The Morgan fingerprint density at radius 2 is 2.09 bits per heavy atom. The molecule has 3 heterocycles. The lowest BCUT2D eigenvalue weighted by Gasteiger charge is -2.40. The fourth-order valence-electron chi connectivity index (χ4n) is 3.72. The zero-order valence-corrected chi connectivity index (χ0v) is 12.9. The fourth-order valence-corrected chi connectivity index (χ4v) is 4.31. The lowest BCUT2D eigenvalue weighted by atomic mass is 10.1. The Balaban J connectivity index is 1.24. The van der Waals surface area contributed by atoms with Crippen LogP contribution in [0.15, 0.2) is 29.8 Å². The molecular weight excluding hydrogens is 294 g/mol. The minimum absolute atomic E-state index is 0.562. The molecule has 0 saturated carbocycles. The molecule has 1 fully saturated rings. The van der Waals surface area contributed by atoms with Gasteiger partial charge in [0.2, 0.25) is 5.13 Å². The van der Waals surface area contributed by atoms with Crippen LogP contribution in [0.5, 0.6) is 0 Å². The van der Waals surface area contributed by atoms with Crippen molar-refractivity contribution in [1.82, 2.24) is 20.5 Å². The summed E-state index contributed by atoms with van der Waals surface area (Å²) < 4.78 is 0. The second-order valence-corrected chi connectivity index (χ2v) is 7.03. The molecule has 1 aliphatic carbocycles. The van der Waals surface area contributed by atoms with Gasteiger partial charge in [0, 0.05) is 48.2 Å². The minimum atomic E-state index is 0.562. The van der Waals surface area contributed by atoms with Gasteiger partial charge in [-0.25, -0.2) is 0 Å². The Morgan fingerprint density at radius 1 is 1.18 bits per heavy atom. The van der Waals surface area contributed by atoms with Crippen LogP contribution in [0.1, 0.15) is 11.3 Å². The molecule has 2 aliphatic rings. The monoisotopic (exact) mass is 311 g/mol. The first-order valence-electron chi connectivity index (χ1n) is 7.72. The summed E-state index contributed by atoms with van der Waals surface area (Å²) >= 11 is 1.62. The predicted octanol–water partition coefficient (Wildman–Crippen LogP) is 1.96. The van der Waals surface area contributed by atoms with Gasteiger partial charge in [0.25, 0.3) is 0 Å². The van der Waals surface area contributed by atoms with Gasteiger partial charge in [-0.1, -0.05) is 29.5 Å². The third kappa shape index (κ3) is 1.94.